The molecule has 1 aliphatic rings. The summed E-state index contributed by atoms with van der Waals surface area (Å²) >= 11 is 0. The average molecular weight is 354 g/mol. The van der Waals surface area contributed by atoms with Gasteiger partial charge in [0.25, 0.3) is 0 Å². The Bertz CT molecular complexity index is 764. The number of anilines is 1. The van der Waals surface area contributed by atoms with Gasteiger partial charge in [0.1, 0.15) is 5.82 Å². The lowest BCUT2D eigenvalue weighted by molar-refractivity contribution is -0.117. The molecule has 1 saturated carbocycles. The zero-order chi connectivity index (χ0) is 18.5. The van der Waals surface area contributed by atoms with Gasteiger partial charge < -0.3 is 11.1 Å². The maximum Gasteiger partial charge on any atom is 0.248 e. The van der Waals surface area contributed by atoms with E-state index in [9.17, 15) is 14.0 Å². The van der Waals surface area contributed by atoms with Gasteiger partial charge in [0.05, 0.1) is 0 Å². The van der Waals surface area contributed by atoms with Gasteiger partial charge in [-0.25, -0.2) is 4.39 Å². The van der Waals surface area contributed by atoms with E-state index in [-0.39, 0.29) is 11.7 Å². The van der Waals surface area contributed by atoms with E-state index < -0.39 is 5.91 Å². The van der Waals surface area contributed by atoms with E-state index in [0.717, 1.165) is 25.7 Å². The first-order valence-corrected chi connectivity index (χ1v) is 8.96. The van der Waals surface area contributed by atoms with Crippen molar-refractivity contribution in [2.24, 2.45) is 11.7 Å². The van der Waals surface area contributed by atoms with E-state index in [2.05, 4.69) is 5.32 Å². The predicted molar refractivity (Wildman–Crippen MR) is 99.3 cm³/mol. The van der Waals surface area contributed by atoms with Crippen LogP contribution in [0.3, 0.4) is 0 Å². The molecule has 0 aromatic heterocycles. The first-order valence-electron chi connectivity index (χ1n) is 8.96. The molecule has 0 radical (unpaired) electrons. The highest BCUT2D eigenvalue weighted by Gasteiger charge is 2.24. The van der Waals surface area contributed by atoms with E-state index in [4.69, 9.17) is 5.73 Å². The Hall–Kier alpha value is -2.69. The number of hydrogen-bond donors (Lipinski definition) is 2. The van der Waals surface area contributed by atoms with E-state index in [0.29, 0.717) is 29.5 Å². The van der Waals surface area contributed by atoms with Gasteiger partial charge in [0, 0.05) is 17.7 Å². The number of halogens is 1. The summed E-state index contributed by atoms with van der Waals surface area (Å²) < 4.78 is 12.9. The maximum absolute atomic E-state index is 12.9. The SMILES string of the molecule is NC(=O)c1ccc([C@H]2CC[C@H](CC(=O)Nc3ccc(F)cc3)CC2)cc1. The number of benzene rings is 2. The van der Waals surface area contributed by atoms with Gasteiger partial charge >= 0.3 is 0 Å². The summed E-state index contributed by atoms with van der Waals surface area (Å²) in [6, 6.07) is 13.3. The van der Waals surface area contributed by atoms with Crippen LogP contribution in [-0.4, -0.2) is 11.8 Å². The lowest BCUT2D eigenvalue weighted by atomic mass is 9.77. The van der Waals surface area contributed by atoms with Crippen molar-refractivity contribution in [2.75, 3.05) is 5.32 Å². The number of carbonyl (C=O) groups excluding carboxylic acids is 2. The second-order valence-corrected chi connectivity index (χ2v) is 6.96. The van der Waals surface area contributed by atoms with Crippen LogP contribution in [0.2, 0.25) is 0 Å². The molecule has 0 unspecified atom stereocenters. The highest BCUT2D eigenvalue weighted by Crippen LogP contribution is 2.37. The number of hydrogen-bond acceptors (Lipinski definition) is 2. The van der Waals surface area contributed by atoms with Crippen molar-refractivity contribution < 1.29 is 14.0 Å². The lowest BCUT2D eigenvalue weighted by Crippen LogP contribution is -2.20. The van der Waals surface area contributed by atoms with Gasteiger partial charge in [-0.05, 0) is 79.5 Å². The van der Waals surface area contributed by atoms with Crippen molar-refractivity contribution in [3.63, 3.8) is 0 Å². The van der Waals surface area contributed by atoms with E-state index in [1.165, 1.54) is 17.7 Å². The summed E-state index contributed by atoms with van der Waals surface area (Å²) in [5.41, 5.74) is 7.65. The molecule has 5 heteroatoms. The van der Waals surface area contributed by atoms with Crippen LogP contribution in [-0.2, 0) is 4.79 Å². The molecule has 2 aromatic carbocycles. The van der Waals surface area contributed by atoms with Gasteiger partial charge in [-0.2, -0.15) is 0 Å². The van der Waals surface area contributed by atoms with Crippen LogP contribution in [0, 0.1) is 11.7 Å². The minimum absolute atomic E-state index is 0.0223. The fraction of sp³-hybridized carbons (Fsp3) is 0.333. The van der Waals surface area contributed by atoms with Gasteiger partial charge in [-0.1, -0.05) is 12.1 Å². The Kier molecular flexibility index (Phi) is 5.66. The number of rotatable bonds is 5. The molecule has 1 fully saturated rings. The Morgan fingerprint density at radius 1 is 0.962 bits per heavy atom. The van der Waals surface area contributed by atoms with Crippen molar-refractivity contribution in [1.29, 1.82) is 0 Å². The summed E-state index contributed by atoms with van der Waals surface area (Å²) in [4.78, 5) is 23.3. The third-order valence-electron chi connectivity index (χ3n) is 5.12. The number of primary amides is 1. The number of carbonyl (C=O) groups is 2. The molecule has 2 amide bonds. The van der Waals surface area contributed by atoms with Crippen LogP contribution < -0.4 is 11.1 Å². The standard InChI is InChI=1S/C21H23FN2O2/c22-18-9-11-19(12-10-18)24-20(25)13-14-1-3-15(4-2-14)16-5-7-17(8-6-16)21(23)26/h5-12,14-15H,1-4,13H2,(H2,23,26)(H,24,25)/t14-,15-. The van der Waals surface area contributed by atoms with Gasteiger partial charge in [0.2, 0.25) is 11.8 Å². The van der Waals surface area contributed by atoms with Crippen LogP contribution >= 0.6 is 0 Å². The van der Waals surface area contributed by atoms with Gasteiger partial charge in [-0.15, -0.1) is 0 Å². The number of nitrogens with one attached hydrogen (secondary N) is 1. The minimum atomic E-state index is -0.410. The Balaban J connectivity index is 1.48. The first kappa shape index (κ1) is 18.1. The van der Waals surface area contributed by atoms with Crippen LogP contribution in [0.15, 0.2) is 48.5 Å². The molecule has 4 nitrogen and oxygen atoms in total. The van der Waals surface area contributed by atoms with E-state index in [1.54, 1.807) is 24.3 Å². The highest BCUT2D eigenvalue weighted by molar-refractivity contribution is 5.92. The van der Waals surface area contributed by atoms with Gasteiger partial charge in [0.15, 0.2) is 0 Å². The average Bonchev–Trinajstić information content (AvgIpc) is 2.64. The van der Waals surface area contributed by atoms with Crippen molar-refractivity contribution in [3.05, 3.63) is 65.5 Å². The molecule has 0 atom stereocenters. The molecule has 0 saturated heterocycles. The molecular weight excluding hydrogens is 331 g/mol. The topological polar surface area (TPSA) is 72.2 Å². The maximum atomic E-state index is 12.9. The Labute approximate surface area is 152 Å². The van der Waals surface area contributed by atoms with E-state index >= 15 is 0 Å². The number of nitrogens with two attached hydrogens (primary N) is 1. The molecular formula is C21H23FN2O2. The van der Waals surface area contributed by atoms with Crippen LogP contribution in [0.5, 0.6) is 0 Å². The second kappa shape index (κ2) is 8.13. The molecule has 0 spiro atoms. The summed E-state index contributed by atoms with van der Waals surface area (Å²) in [7, 11) is 0. The molecule has 1 aliphatic carbocycles. The van der Waals surface area contributed by atoms with Crippen molar-refractivity contribution >= 4 is 17.5 Å². The van der Waals surface area contributed by atoms with Crippen LogP contribution in [0.1, 0.15) is 53.9 Å². The molecule has 0 aliphatic heterocycles. The summed E-state index contributed by atoms with van der Waals surface area (Å²) in [5, 5.41) is 2.83. The van der Waals surface area contributed by atoms with E-state index in [1.807, 2.05) is 12.1 Å². The zero-order valence-corrected chi connectivity index (χ0v) is 14.6. The third-order valence-corrected chi connectivity index (χ3v) is 5.12. The Morgan fingerprint density at radius 2 is 1.58 bits per heavy atom. The molecule has 26 heavy (non-hydrogen) atoms. The fourth-order valence-corrected chi connectivity index (χ4v) is 3.63. The molecule has 0 bridgehead atoms. The highest BCUT2D eigenvalue weighted by atomic mass is 19.1. The molecule has 3 rings (SSSR count). The second-order valence-electron chi connectivity index (χ2n) is 6.96. The largest absolute Gasteiger partial charge is 0.366 e. The van der Waals surface area contributed by atoms with Crippen LogP contribution in [0.25, 0.3) is 0 Å². The third kappa shape index (κ3) is 4.69. The zero-order valence-electron chi connectivity index (χ0n) is 14.6. The first-order chi connectivity index (χ1) is 12.5. The monoisotopic (exact) mass is 354 g/mol. The molecule has 3 N–H and O–H groups in total. The quantitative estimate of drug-likeness (QED) is 0.843. The lowest BCUT2D eigenvalue weighted by Gasteiger charge is -2.28. The molecule has 2 aromatic rings. The van der Waals surface area contributed by atoms with Crippen molar-refractivity contribution in [1.82, 2.24) is 0 Å². The summed E-state index contributed by atoms with van der Waals surface area (Å²) in [6.07, 6.45) is 4.55. The number of amides is 2. The van der Waals surface area contributed by atoms with Crippen molar-refractivity contribution in [2.45, 2.75) is 38.0 Å². The fourth-order valence-electron chi connectivity index (χ4n) is 3.63. The van der Waals surface area contributed by atoms with Crippen LogP contribution in [0.4, 0.5) is 10.1 Å². The van der Waals surface area contributed by atoms with Crippen molar-refractivity contribution in [3.8, 4) is 0 Å². The normalized spacial score (nSPS) is 19.7. The van der Waals surface area contributed by atoms with Gasteiger partial charge in [-0.3, -0.25) is 9.59 Å². The predicted octanol–water partition coefficient (Wildman–Crippen LogP) is 4.23. The smallest absolute Gasteiger partial charge is 0.248 e. The Morgan fingerprint density at radius 3 is 2.15 bits per heavy atom. The summed E-state index contributed by atoms with van der Waals surface area (Å²) in [5.74, 6) is 0.0911. The molecule has 136 valence electrons. The molecule has 0 heterocycles. The summed E-state index contributed by atoms with van der Waals surface area (Å²) in [6.45, 7) is 0. The minimum Gasteiger partial charge on any atom is -0.366 e.